The molecule has 176 valence electrons. The van der Waals surface area contributed by atoms with Gasteiger partial charge in [0.1, 0.15) is 18.2 Å². The number of aryl methyl sites for hydroxylation is 1. The van der Waals surface area contributed by atoms with Crippen molar-refractivity contribution in [3.05, 3.63) is 88.0 Å². The molecule has 0 unspecified atom stereocenters. The van der Waals surface area contributed by atoms with Crippen LogP contribution in [-0.4, -0.2) is 32.1 Å². The summed E-state index contributed by atoms with van der Waals surface area (Å²) < 4.78 is 22.7. The van der Waals surface area contributed by atoms with Gasteiger partial charge < -0.3 is 9.30 Å². The molecule has 0 amide bonds. The Bertz CT molecular complexity index is 1410. The highest BCUT2D eigenvalue weighted by atomic mass is 35.5. The molecule has 0 radical (unpaired) electrons. The summed E-state index contributed by atoms with van der Waals surface area (Å²) in [7, 11) is 2.15. The SMILES string of the molecule is Cl.Cn1c2c(c3ccc(-n4ccc(OCc5ccc(F)cn5)cc4=O)cc31)CN1CCC2CC1. The van der Waals surface area contributed by atoms with Crippen molar-refractivity contribution >= 4 is 23.3 Å². The smallest absolute Gasteiger partial charge is 0.258 e. The third kappa shape index (κ3) is 3.89. The lowest BCUT2D eigenvalue weighted by atomic mass is 9.94. The minimum Gasteiger partial charge on any atom is -0.487 e. The molecule has 34 heavy (non-hydrogen) atoms. The first kappa shape index (κ1) is 22.6. The Labute approximate surface area is 203 Å². The zero-order chi connectivity index (χ0) is 22.5. The Morgan fingerprint density at radius 3 is 2.68 bits per heavy atom. The lowest BCUT2D eigenvalue weighted by molar-refractivity contribution is 0.220. The summed E-state index contributed by atoms with van der Waals surface area (Å²) in [5.41, 5.74) is 5.35. The van der Waals surface area contributed by atoms with Crippen LogP contribution in [0.2, 0.25) is 0 Å². The van der Waals surface area contributed by atoms with Crippen molar-refractivity contribution in [1.29, 1.82) is 0 Å². The maximum absolute atomic E-state index is 13.0. The molecule has 6 heterocycles. The van der Waals surface area contributed by atoms with E-state index >= 15 is 0 Å². The molecular formula is C26H26ClFN4O2. The zero-order valence-electron chi connectivity index (χ0n) is 18.9. The standard InChI is InChI=1S/C26H25FN4O2.ClH/c1-29-24-12-20(4-5-22(24)23-15-30-9-6-17(7-10-30)26(23)29)31-11-8-21(13-25(31)32)33-16-19-3-2-18(27)14-28-19;/h2-5,8,11-14,17H,6-7,9-10,15-16H2,1H3;1H. The molecule has 0 spiro atoms. The van der Waals surface area contributed by atoms with Crippen LogP contribution in [0.3, 0.4) is 0 Å². The molecule has 8 heteroatoms. The molecule has 0 aliphatic carbocycles. The summed E-state index contributed by atoms with van der Waals surface area (Å²) in [6.07, 6.45) is 5.33. The number of benzene rings is 1. The summed E-state index contributed by atoms with van der Waals surface area (Å²) in [5.74, 6) is 0.686. The maximum Gasteiger partial charge on any atom is 0.258 e. The molecule has 2 bridgehead atoms. The average molecular weight is 481 g/mol. The van der Waals surface area contributed by atoms with Crippen LogP contribution in [0.4, 0.5) is 4.39 Å². The molecule has 1 fully saturated rings. The van der Waals surface area contributed by atoms with Crippen molar-refractivity contribution < 1.29 is 9.13 Å². The van der Waals surface area contributed by atoms with Crippen molar-refractivity contribution in [3.8, 4) is 11.4 Å². The van der Waals surface area contributed by atoms with Crippen LogP contribution in [0, 0.1) is 5.82 Å². The van der Waals surface area contributed by atoms with Crippen LogP contribution < -0.4 is 10.3 Å². The zero-order valence-corrected chi connectivity index (χ0v) is 19.7. The normalized spacial score (nSPS) is 18.9. The highest BCUT2D eigenvalue weighted by molar-refractivity contribution is 5.87. The second-order valence-corrected chi connectivity index (χ2v) is 9.00. The fraction of sp³-hybridized carbons (Fsp3) is 0.308. The van der Waals surface area contributed by atoms with E-state index in [4.69, 9.17) is 4.74 Å². The fourth-order valence-electron chi connectivity index (χ4n) is 5.36. The first-order valence-electron chi connectivity index (χ1n) is 11.4. The summed E-state index contributed by atoms with van der Waals surface area (Å²) in [4.78, 5) is 19.4. The molecule has 1 aromatic carbocycles. The second kappa shape index (κ2) is 8.89. The number of piperidine rings is 1. The number of ether oxygens (including phenoxy) is 1. The van der Waals surface area contributed by atoms with Crippen LogP contribution in [0.1, 0.15) is 35.7 Å². The molecule has 0 saturated carbocycles. The number of nitrogens with zero attached hydrogens (tertiary/aromatic N) is 4. The van der Waals surface area contributed by atoms with Gasteiger partial charge in [0.25, 0.3) is 5.56 Å². The van der Waals surface area contributed by atoms with Gasteiger partial charge in [-0.05, 0) is 61.8 Å². The molecule has 0 atom stereocenters. The molecule has 6 nitrogen and oxygen atoms in total. The Hall–Kier alpha value is -3.16. The molecule has 4 aromatic rings. The van der Waals surface area contributed by atoms with E-state index in [0.29, 0.717) is 17.4 Å². The van der Waals surface area contributed by atoms with Gasteiger partial charge in [-0.1, -0.05) is 6.07 Å². The first-order valence-corrected chi connectivity index (χ1v) is 11.4. The minimum atomic E-state index is -0.391. The van der Waals surface area contributed by atoms with Crippen molar-refractivity contribution in [3.63, 3.8) is 0 Å². The maximum atomic E-state index is 13.0. The van der Waals surface area contributed by atoms with Crippen LogP contribution in [0.25, 0.3) is 16.6 Å². The summed E-state index contributed by atoms with van der Waals surface area (Å²) in [6.45, 7) is 3.54. The van der Waals surface area contributed by atoms with Crippen LogP contribution in [-0.2, 0) is 20.2 Å². The van der Waals surface area contributed by atoms with E-state index in [9.17, 15) is 9.18 Å². The Balaban J connectivity index is 0.00000241. The fourth-order valence-corrected chi connectivity index (χ4v) is 5.36. The van der Waals surface area contributed by atoms with Crippen molar-refractivity contribution in [1.82, 2.24) is 19.0 Å². The van der Waals surface area contributed by atoms with E-state index in [1.54, 1.807) is 22.9 Å². The van der Waals surface area contributed by atoms with Crippen molar-refractivity contribution in [2.45, 2.75) is 31.9 Å². The lowest BCUT2D eigenvalue weighted by Crippen LogP contribution is -2.29. The number of aromatic nitrogens is 3. The largest absolute Gasteiger partial charge is 0.487 e. The monoisotopic (exact) mass is 480 g/mol. The first-order chi connectivity index (χ1) is 16.1. The third-order valence-corrected chi connectivity index (χ3v) is 7.04. The van der Waals surface area contributed by atoms with Gasteiger partial charge in [0.2, 0.25) is 0 Å². The van der Waals surface area contributed by atoms with Crippen molar-refractivity contribution in [2.75, 3.05) is 13.1 Å². The van der Waals surface area contributed by atoms with E-state index in [1.807, 2.05) is 6.07 Å². The van der Waals surface area contributed by atoms with Crippen LogP contribution in [0.15, 0.2) is 59.7 Å². The molecular weight excluding hydrogens is 455 g/mol. The third-order valence-electron chi connectivity index (χ3n) is 7.04. The Morgan fingerprint density at radius 1 is 1.12 bits per heavy atom. The number of fused-ring (bicyclic) bond motifs is 3. The number of rotatable bonds is 4. The van der Waals surface area contributed by atoms with Crippen molar-refractivity contribution in [2.24, 2.45) is 7.05 Å². The van der Waals surface area contributed by atoms with Gasteiger partial charge in [0, 0.05) is 42.9 Å². The molecule has 3 aliphatic heterocycles. The van der Waals surface area contributed by atoms with Gasteiger partial charge in [0.05, 0.1) is 23.1 Å². The number of hydrogen-bond donors (Lipinski definition) is 0. The molecule has 3 aromatic heterocycles. The summed E-state index contributed by atoms with van der Waals surface area (Å²) in [5, 5.41) is 1.29. The summed E-state index contributed by atoms with van der Waals surface area (Å²) >= 11 is 0. The quantitative estimate of drug-likeness (QED) is 0.430. The Kier molecular flexibility index (Phi) is 5.91. The molecule has 7 rings (SSSR count). The minimum absolute atomic E-state index is 0. The lowest BCUT2D eigenvalue weighted by Gasteiger charge is -2.27. The molecule has 1 saturated heterocycles. The van der Waals surface area contributed by atoms with E-state index in [0.717, 1.165) is 18.4 Å². The number of hydrogen-bond acceptors (Lipinski definition) is 4. The van der Waals surface area contributed by atoms with Gasteiger partial charge >= 0.3 is 0 Å². The highest BCUT2D eigenvalue weighted by Gasteiger charge is 2.31. The van der Waals surface area contributed by atoms with Crippen LogP contribution in [0.5, 0.6) is 5.75 Å². The van der Waals surface area contributed by atoms with E-state index in [2.05, 4.69) is 33.6 Å². The predicted octanol–water partition coefficient (Wildman–Crippen LogP) is 4.56. The predicted molar refractivity (Wildman–Crippen MR) is 132 cm³/mol. The van der Waals surface area contributed by atoms with Gasteiger partial charge in [-0.15, -0.1) is 12.4 Å². The van der Waals surface area contributed by atoms with Gasteiger partial charge in [0.15, 0.2) is 0 Å². The summed E-state index contributed by atoms with van der Waals surface area (Å²) in [6, 6.07) is 12.4. The number of pyridine rings is 2. The number of halogens is 2. The van der Waals surface area contributed by atoms with E-state index in [1.165, 1.54) is 60.2 Å². The van der Waals surface area contributed by atoms with E-state index < -0.39 is 5.82 Å². The van der Waals surface area contributed by atoms with Crippen LogP contribution >= 0.6 is 12.4 Å². The van der Waals surface area contributed by atoms with E-state index in [-0.39, 0.29) is 24.6 Å². The Morgan fingerprint density at radius 2 is 1.94 bits per heavy atom. The highest BCUT2D eigenvalue weighted by Crippen LogP contribution is 2.40. The molecule has 3 aliphatic rings. The van der Waals surface area contributed by atoms with Gasteiger partial charge in [-0.2, -0.15) is 0 Å². The topological polar surface area (TPSA) is 52.3 Å². The van der Waals surface area contributed by atoms with Gasteiger partial charge in [-0.25, -0.2) is 4.39 Å². The van der Waals surface area contributed by atoms with Gasteiger partial charge in [-0.3, -0.25) is 19.2 Å². The second-order valence-electron chi connectivity index (χ2n) is 9.00. The molecule has 0 N–H and O–H groups in total. The average Bonchev–Trinajstić information content (AvgIpc) is 2.97.